The maximum Gasteiger partial charge on any atom is 0.137 e. The summed E-state index contributed by atoms with van der Waals surface area (Å²) < 4.78 is 0. The van der Waals surface area contributed by atoms with Crippen molar-refractivity contribution in [3.05, 3.63) is 71.9 Å². The van der Waals surface area contributed by atoms with E-state index in [1.54, 1.807) is 0 Å². The van der Waals surface area contributed by atoms with Crippen LogP contribution in [-0.4, -0.2) is 35.2 Å². The Morgan fingerprint density at radius 1 is 1.30 bits per heavy atom. The van der Waals surface area contributed by atoms with Crippen LogP contribution in [0.3, 0.4) is 0 Å². The third kappa shape index (κ3) is 10.1. The minimum atomic E-state index is 0.0856. The summed E-state index contributed by atoms with van der Waals surface area (Å²) in [5.74, 6) is 1.58. The van der Waals surface area contributed by atoms with E-state index in [4.69, 9.17) is 16.6 Å². The summed E-state index contributed by atoms with van der Waals surface area (Å²) in [6.07, 6.45) is 15.4. The minimum absolute atomic E-state index is 0.0856. The van der Waals surface area contributed by atoms with E-state index in [-0.39, 0.29) is 11.4 Å². The van der Waals surface area contributed by atoms with Crippen molar-refractivity contribution < 1.29 is 0 Å². The number of nitrogens with zero attached hydrogens (tertiary/aromatic N) is 2. The summed E-state index contributed by atoms with van der Waals surface area (Å²) in [5, 5.41) is 7.06. The quantitative estimate of drug-likeness (QED) is 0.169. The zero-order valence-corrected chi connectivity index (χ0v) is 22.6. The molecule has 0 aromatic rings. The van der Waals surface area contributed by atoms with Gasteiger partial charge in [0, 0.05) is 37.4 Å². The maximum atomic E-state index is 6.41. The standard InChI is InChI=1S/C28H45ClN4/c1-10-14-26(12-3)31-24(8)32-28(20(4)11-2)33(9)18-13-15-22(6)30-23(7)25-17-16-21(5)27(29)19-25/h11,13,16-18,23,26-27,30-31H,6,8,10,12,14-15,19H2,1-5,7,9H3/b18-13-,20-11-,32-28?/t23-,26?,27?/m1/s1. The second kappa shape index (κ2) is 14.8. The molecule has 5 heteroatoms. The van der Waals surface area contributed by atoms with Crippen LogP contribution in [0.15, 0.2) is 76.9 Å². The number of alkyl halides is 1. The molecule has 0 radical (unpaired) electrons. The van der Waals surface area contributed by atoms with Crippen molar-refractivity contribution in [2.75, 3.05) is 7.05 Å². The molecule has 0 saturated carbocycles. The minimum Gasteiger partial charge on any atom is -0.382 e. The lowest BCUT2D eigenvalue weighted by Crippen LogP contribution is -2.29. The van der Waals surface area contributed by atoms with Crippen LogP contribution < -0.4 is 10.6 Å². The van der Waals surface area contributed by atoms with Crippen molar-refractivity contribution in [1.82, 2.24) is 15.5 Å². The Kier molecular flexibility index (Phi) is 13.0. The van der Waals surface area contributed by atoms with E-state index in [2.05, 4.69) is 82.7 Å². The molecule has 4 nitrogen and oxygen atoms in total. The fourth-order valence-electron chi connectivity index (χ4n) is 3.68. The molecule has 2 unspecified atom stereocenters. The molecule has 1 rings (SSSR count). The molecular weight excluding hydrogens is 428 g/mol. The number of amidine groups is 1. The molecule has 184 valence electrons. The number of hydrogen-bond acceptors (Lipinski definition) is 3. The lowest BCUT2D eigenvalue weighted by molar-refractivity contribution is 0.503. The number of aliphatic imine (C=N–C) groups is 1. The highest BCUT2D eigenvalue weighted by atomic mass is 35.5. The average molecular weight is 473 g/mol. The zero-order valence-electron chi connectivity index (χ0n) is 21.8. The first-order valence-corrected chi connectivity index (χ1v) is 12.6. The Morgan fingerprint density at radius 3 is 2.58 bits per heavy atom. The van der Waals surface area contributed by atoms with Crippen LogP contribution in [0.2, 0.25) is 0 Å². The second-order valence-corrected chi connectivity index (χ2v) is 9.41. The van der Waals surface area contributed by atoms with Crippen LogP contribution in [-0.2, 0) is 0 Å². The molecule has 33 heavy (non-hydrogen) atoms. The first-order chi connectivity index (χ1) is 15.6. The third-order valence-corrected chi connectivity index (χ3v) is 6.50. The normalized spacial score (nSPS) is 19.0. The van der Waals surface area contributed by atoms with Crippen LogP contribution in [0, 0.1) is 0 Å². The molecule has 0 spiro atoms. The van der Waals surface area contributed by atoms with E-state index in [0.717, 1.165) is 49.2 Å². The van der Waals surface area contributed by atoms with Crippen LogP contribution in [0.25, 0.3) is 0 Å². The molecular formula is C28H45ClN4. The number of halogens is 1. The van der Waals surface area contributed by atoms with Gasteiger partial charge in [-0.25, -0.2) is 4.99 Å². The van der Waals surface area contributed by atoms with E-state index in [9.17, 15) is 0 Å². The first kappa shape index (κ1) is 28.8. The van der Waals surface area contributed by atoms with Gasteiger partial charge in [-0.05, 0) is 58.1 Å². The number of likely N-dealkylation sites (N-methyl/N-ethyl adjacent to an activating group) is 1. The third-order valence-electron chi connectivity index (χ3n) is 6.00. The predicted molar refractivity (Wildman–Crippen MR) is 147 cm³/mol. The van der Waals surface area contributed by atoms with Crippen molar-refractivity contribution in [1.29, 1.82) is 0 Å². The molecule has 1 aliphatic carbocycles. The van der Waals surface area contributed by atoms with E-state index in [0.29, 0.717) is 11.9 Å². The van der Waals surface area contributed by atoms with Gasteiger partial charge >= 0.3 is 0 Å². The van der Waals surface area contributed by atoms with Crippen molar-refractivity contribution in [2.24, 2.45) is 4.99 Å². The van der Waals surface area contributed by atoms with Crippen molar-refractivity contribution in [3.8, 4) is 0 Å². The number of hydrogen-bond donors (Lipinski definition) is 2. The van der Waals surface area contributed by atoms with Crippen molar-refractivity contribution >= 4 is 17.4 Å². The Labute approximate surface area is 208 Å². The molecule has 3 atom stereocenters. The van der Waals surface area contributed by atoms with Gasteiger partial charge < -0.3 is 15.5 Å². The monoisotopic (exact) mass is 472 g/mol. The average Bonchev–Trinajstić information content (AvgIpc) is 2.78. The van der Waals surface area contributed by atoms with Crippen LogP contribution >= 0.6 is 11.6 Å². The van der Waals surface area contributed by atoms with E-state index < -0.39 is 0 Å². The van der Waals surface area contributed by atoms with Gasteiger partial charge in [-0.3, -0.25) is 0 Å². The van der Waals surface area contributed by atoms with Crippen molar-refractivity contribution in [3.63, 3.8) is 0 Å². The first-order valence-electron chi connectivity index (χ1n) is 12.1. The Balaban J connectivity index is 2.73. The number of allylic oxidation sites excluding steroid dienone is 5. The highest BCUT2D eigenvalue weighted by Crippen LogP contribution is 2.25. The van der Waals surface area contributed by atoms with Gasteiger partial charge in [-0.15, -0.1) is 11.6 Å². The Morgan fingerprint density at radius 2 is 2.00 bits per heavy atom. The topological polar surface area (TPSA) is 39.7 Å². The Hall–Kier alpha value is -2.20. The molecule has 0 amide bonds. The molecule has 0 fully saturated rings. The molecule has 0 saturated heterocycles. The highest BCUT2D eigenvalue weighted by Gasteiger charge is 2.18. The van der Waals surface area contributed by atoms with Gasteiger partial charge in [0.05, 0.1) is 5.38 Å². The summed E-state index contributed by atoms with van der Waals surface area (Å²) in [7, 11) is 2.01. The second-order valence-electron chi connectivity index (χ2n) is 8.89. The molecule has 1 aliphatic rings. The zero-order chi connectivity index (χ0) is 25.0. The van der Waals surface area contributed by atoms with E-state index >= 15 is 0 Å². The SMILES string of the molecule is C=C(C/C=C\N(C)C(=NC(=C)NC(CC)CCC)/C(C)=C\C)N[C@H](C)C1=CC=C(C)C(Cl)C1. The summed E-state index contributed by atoms with van der Waals surface area (Å²) in [6.45, 7) is 21.1. The van der Waals surface area contributed by atoms with Gasteiger partial charge in [0.2, 0.25) is 0 Å². The van der Waals surface area contributed by atoms with Crippen LogP contribution in [0.4, 0.5) is 0 Å². The predicted octanol–water partition coefficient (Wildman–Crippen LogP) is 7.20. The molecule has 0 heterocycles. The lowest BCUT2D eigenvalue weighted by atomic mass is 9.94. The smallest absolute Gasteiger partial charge is 0.137 e. The maximum absolute atomic E-state index is 6.41. The van der Waals surface area contributed by atoms with Crippen molar-refractivity contribution in [2.45, 2.75) is 91.1 Å². The summed E-state index contributed by atoms with van der Waals surface area (Å²) in [4.78, 5) is 6.83. The molecule has 0 bridgehead atoms. The van der Waals surface area contributed by atoms with Gasteiger partial charge in [0.15, 0.2) is 0 Å². The summed E-state index contributed by atoms with van der Waals surface area (Å²) in [6, 6.07) is 0.615. The fraction of sp³-hybridized carbons (Fsp3) is 0.536. The molecule has 2 N–H and O–H groups in total. The van der Waals surface area contributed by atoms with E-state index in [1.807, 2.05) is 25.1 Å². The molecule has 0 aliphatic heterocycles. The largest absolute Gasteiger partial charge is 0.382 e. The number of rotatable bonds is 13. The highest BCUT2D eigenvalue weighted by molar-refractivity contribution is 6.22. The van der Waals surface area contributed by atoms with Gasteiger partial charge in [-0.1, -0.05) is 63.3 Å². The summed E-state index contributed by atoms with van der Waals surface area (Å²) in [5.41, 5.74) is 4.60. The fourth-order valence-corrected chi connectivity index (χ4v) is 3.93. The van der Waals surface area contributed by atoms with Crippen LogP contribution in [0.5, 0.6) is 0 Å². The number of nitrogens with one attached hydrogen (secondary N) is 2. The molecule has 0 aromatic carbocycles. The summed E-state index contributed by atoms with van der Waals surface area (Å²) >= 11 is 6.41. The van der Waals surface area contributed by atoms with Crippen LogP contribution in [0.1, 0.15) is 73.6 Å². The molecule has 0 aromatic heterocycles. The Bertz CT molecular complexity index is 816. The van der Waals surface area contributed by atoms with Gasteiger partial charge in [-0.2, -0.15) is 0 Å². The van der Waals surface area contributed by atoms with E-state index in [1.165, 1.54) is 11.1 Å². The van der Waals surface area contributed by atoms with Gasteiger partial charge in [0.25, 0.3) is 0 Å². The lowest BCUT2D eigenvalue weighted by Gasteiger charge is -2.24. The van der Waals surface area contributed by atoms with Gasteiger partial charge in [0.1, 0.15) is 11.7 Å².